The molecule has 0 aliphatic rings. The molecule has 96 valence electrons. The van der Waals surface area contributed by atoms with Gasteiger partial charge in [-0.3, -0.25) is 0 Å². The lowest BCUT2D eigenvalue weighted by Crippen LogP contribution is -2.18. The lowest BCUT2D eigenvalue weighted by atomic mass is 9.98. The summed E-state index contributed by atoms with van der Waals surface area (Å²) in [6.07, 6.45) is 5.92. The fraction of sp³-hybridized carbons (Fsp3) is 0.600. The van der Waals surface area contributed by atoms with Crippen LogP contribution >= 0.6 is 0 Å². The van der Waals surface area contributed by atoms with Crippen LogP contribution in [-0.4, -0.2) is 7.05 Å². The smallest absolute Gasteiger partial charge is 0.130 e. The van der Waals surface area contributed by atoms with E-state index < -0.39 is 0 Å². The van der Waals surface area contributed by atoms with Gasteiger partial charge in [0.15, 0.2) is 0 Å². The first-order chi connectivity index (χ1) is 8.20. The molecule has 17 heavy (non-hydrogen) atoms. The van der Waals surface area contributed by atoms with Crippen molar-refractivity contribution in [2.24, 2.45) is 0 Å². The van der Waals surface area contributed by atoms with Crippen molar-refractivity contribution in [1.82, 2.24) is 5.32 Å². The van der Waals surface area contributed by atoms with Crippen molar-refractivity contribution >= 4 is 0 Å². The minimum atomic E-state index is -0.0534. The van der Waals surface area contributed by atoms with E-state index in [0.29, 0.717) is 0 Å². The average molecular weight is 237 g/mol. The molecular formula is C15H24FN. The summed E-state index contributed by atoms with van der Waals surface area (Å²) in [7, 11) is 1.91. The van der Waals surface area contributed by atoms with Gasteiger partial charge in [0, 0.05) is 11.6 Å². The Bertz CT molecular complexity index is 336. The van der Waals surface area contributed by atoms with Crippen molar-refractivity contribution in [2.75, 3.05) is 7.05 Å². The fourth-order valence-corrected chi connectivity index (χ4v) is 2.17. The third-order valence-corrected chi connectivity index (χ3v) is 3.29. The molecule has 0 radical (unpaired) electrons. The Morgan fingerprint density at radius 2 is 2.00 bits per heavy atom. The highest BCUT2D eigenvalue weighted by Crippen LogP contribution is 2.24. The maximum Gasteiger partial charge on any atom is 0.130 e. The number of hydrogen-bond donors (Lipinski definition) is 1. The molecule has 0 spiro atoms. The van der Waals surface area contributed by atoms with Gasteiger partial charge in [0.05, 0.1) is 0 Å². The van der Waals surface area contributed by atoms with Crippen LogP contribution in [0.4, 0.5) is 4.39 Å². The number of halogens is 1. The number of hydrogen-bond acceptors (Lipinski definition) is 1. The molecule has 0 aliphatic carbocycles. The second-order valence-corrected chi connectivity index (χ2v) is 4.67. The normalized spacial score (nSPS) is 12.7. The molecule has 0 bridgehead atoms. The topological polar surface area (TPSA) is 12.0 Å². The zero-order valence-electron chi connectivity index (χ0n) is 11.2. The highest BCUT2D eigenvalue weighted by Gasteiger charge is 2.14. The Morgan fingerprint density at radius 1 is 1.24 bits per heavy atom. The summed E-state index contributed by atoms with van der Waals surface area (Å²) < 4.78 is 14.0. The van der Waals surface area contributed by atoms with Gasteiger partial charge in [0.2, 0.25) is 0 Å². The third-order valence-electron chi connectivity index (χ3n) is 3.29. The quantitative estimate of drug-likeness (QED) is 0.695. The second kappa shape index (κ2) is 7.44. The minimum absolute atomic E-state index is 0.0534. The van der Waals surface area contributed by atoms with E-state index in [2.05, 4.69) is 12.2 Å². The van der Waals surface area contributed by atoms with Gasteiger partial charge in [-0.25, -0.2) is 4.39 Å². The first-order valence-electron chi connectivity index (χ1n) is 6.63. The average Bonchev–Trinajstić information content (AvgIpc) is 2.34. The molecule has 0 fully saturated rings. The molecular weight excluding hydrogens is 213 g/mol. The van der Waals surface area contributed by atoms with Crippen LogP contribution in [0.25, 0.3) is 0 Å². The Kier molecular flexibility index (Phi) is 6.20. The Balaban J connectivity index is 2.63. The Labute approximate surface area is 104 Å². The van der Waals surface area contributed by atoms with Crippen LogP contribution < -0.4 is 5.32 Å². The summed E-state index contributed by atoms with van der Waals surface area (Å²) in [5.74, 6) is -0.0534. The van der Waals surface area contributed by atoms with Gasteiger partial charge in [-0.05, 0) is 26.0 Å². The van der Waals surface area contributed by atoms with E-state index in [1.165, 1.54) is 19.3 Å². The number of nitrogens with one attached hydrogen (secondary N) is 1. The van der Waals surface area contributed by atoms with Crippen LogP contribution in [0.3, 0.4) is 0 Å². The minimum Gasteiger partial charge on any atom is -0.313 e. The van der Waals surface area contributed by atoms with Gasteiger partial charge in [-0.15, -0.1) is 0 Å². The number of benzene rings is 1. The third kappa shape index (κ3) is 4.12. The molecule has 0 aromatic heterocycles. The molecule has 1 rings (SSSR count). The van der Waals surface area contributed by atoms with Gasteiger partial charge in [-0.2, -0.15) is 0 Å². The summed E-state index contributed by atoms with van der Waals surface area (Å²) in [6, 6.07) is 5.79. The first kappa shape index (κ1) is 14.2. The van der Waals surface area contributed by atoms with Crippen LogP contribution in [0.5, 0.6) is 0 Å². The summed E-state index contributed by atoms with van der Waals surface area (Å²) >= 11 is 0. The molecule has 0 saturated carbocycles. The lowest BCUT2D eigenvalue weighted by molar-refractivity contribution is 0.478. The van der Waals surface area contributed by atoms with Crippen molar-refractivity contribution in [2.45, 2.75) is 52.0 Å². The van der Waals surface area contributed by atoms with Crippen LogP contribution in [0.15, 0.2) is 18.2 Å². The predicted molar refractivity (Wildman–Crippen MR) is 71.7 cm³/mol. The van der Waals surface area contributed by atoms with E-state index in [4.69, 9.17) is 0 Å². The van der Waals surface area contributed by atoms with E-state index in [9.17, 15) is 4.39 Å². The molecule has 2 heteroatoms. The van der Waals surface area contributed by atoms with E-state index in [0.717, 1.165) is 24.0 Å². The van der Waals surface area contributed by atoms with Gasteiger partial charge in [0.25, 0.3) is 0 Å². The maximum atomic E-state index is 14.0. The van der Waals surface area contributed by atoms with Crippen molar-refractivity contribution in [3.63, 3.8) is 0 Å². The maximum absolute atomic E-state index is 14.0. The zero-order valence-corrected chi connectivity index (χ0v) is 11.2. The molecule has 0 amide bonds. The zero-order chi connectivity index (χ0) is 12.7. The van der Waals surface area contributed by atoms with E-state index in [1.54, 1.807) is 0 Å². The Hall–Kier alpha value is -0.890. The summed E-state index contributed by atoms with van der Waals surface area (Å²) in [4.78, 5) is 0. The molecule has 1 aromatic rings. The molecule has 0 saturated heterocycles. The van der Waals surface area contributed by atoms with Crippen molar-refractivity contribution < 1.29 is 4.39 Å². The number of aryl methyl sites for hydroxylation is 1. The fourth-order valence-electron chi connectivity index (χ4n) is 2.17. The van der Waals surface area contributed by atoms with Crippen LogP contribution in [0.2, 0.25) is 0 Å². The standard InChI is InChI=1S/C15H24FN/c1-4-5-6-7-11-14(17-3)13-10-8-9-12(2)15(13)16/h8-10,14,17H,4-7,11H2,1-3H3. The van der Waals surface area contributed by atoms with Crippen molar-refractivity contribution in [3.05, 3.63) is 35.1 Å². The van der Waals surface area contributed by atoms with Gasteiger partial charge in [-0.1, -0.05) is 50.8 Å². The summed E-state index contributed by atoms with van der Waals surface area (Å²) in [6.45, 7) is 4.03. The monoisotopic (exact) mass is 237 g/mol. The molecule has 1 nitrogen and oxygen atoms in total. The highest BCUT2D eigenvalue weighted by atomic mass is 19.1. The Morgan fingerprint density at radius 3 is 2.65 bits per heavy atom. The number of unbranched alkanes of at least 4 members (excludes halogenated alkanes) is 3. The molecule has 1 unspecified atom stereocenters. The van der Waals surface area contributed by atoms with Crippen molar-refractivity contribution in [1.29, 1.82) is 0 Å². The molecule has 0 aliphatic heterocycles. The molecule has 1 N–H and O–H groups in total. The number of rotatable bonds is 7. The second-order valence-electron chi connectivity index (χ2n) is 4.67. The van der Waals surface area contributed by atoms with Gasteiger partial charge >= 0.3 is 0 Å². The van der Waals surface area contributed by atoms with Gasteiger partial charge < -0.3 is 5.32 Å². The molecule has 1 atom stereocenters. The summed E-state index contributed by atoms with van der Waals surface area (Å²) in [5, 5.41) is 3.22. The molecule has 0 heterocycles. The predicted octanol–water partition coefficient (Wildman–Crippen LogP) is 4.37. The van der Waals surface area contributed by atoms with Crippen molar-refractivity contribution in [3.8, 4) is 0 Å². The van der Waals surface area contributed by atoms with Crippen LogP contribution in [0, 0.1) is 12.7 Å². The largest absolute Gasteiger partial charge is 0.313 e. The first-order valence-corrected chi connectivity index (χ1v) is 6.63. The van der Waals surface area contributed by atoms with E-state index in [-0.39, 0.29) is 11.9 Å². The summed E-state index contributed by atoms with van der Waals surface area (Å²) in [5.41, 5.74) is 1.54. The SMILES string of the molecule is CCCCCCC(NC)c1cccc(C)c1F. The highest BCUT2D eigenvalue weighted by molar-refractivity contribution is 5.27. The van der Waals surface area contributed by atoms with Gasteiger partial charge in [0.1, 0.15) is 5.82 Å². The van der Waals surface area contributed by atoms with Crippen LogP contribution in [0.1, 0.15) is 56.2 Å². The lowest BCUT2D eigenvalue weighted by Gasteiger charge is -2.18. The van der Waals surface area contributed by atoms with E-state index >= 15 is 0 Å². The van der Waals surface area contributed by atoms with Crippen LogP contribution in [-0.2, 0) is 0 Å². The molecule has 1 aromatic carbocycles. The van der Waals surface area contributed by atoms with E-state index in [1.807, 2.05) is 32.2 Å².